The number of rotatable bonds is 1. The Morgan fingerprint density at radius 1 is 1.35 bits per heavy atom. The second-order valence-corrected chi connectivity index (χ2v) is 4.74. The van der Waals surface area contributed by atoms with E-state index in [2.05, 4.69) is 25.7 Å². The molecule has 1 aromatic heterocycles. The molecule has 2 rings (SSSR count). The number of fused-ring (bicyclic) bond motifs is 1. The number of aromatic nitrogens is 1. The summed E-state index contributed by atoms with van der Waals surface area (Å²) >= 11 is 3.05. The number of hydrogen-bond donors (Lipinski definition) is 1. The number of carbonyl (C=O) groups excluding carboxylic acids is 1. The number of nitrogens with one attached hydrogen (secondary N) is 1. The minimum Gasteiger partial charge on any atom is -0.464 e. The van der Waals surface area contributed by atoms with Crippen LogP contribution in [0.5, 0.6) is 0 Å². The summed E-state index contributed by atoms with van der Waals surface area (Å²) in [7, 11) is 1.10. The number of pyridine rings is 1. The van der Waals surface area contributed by atoms with Gasteiger partial charge in [-0.25, -0.2) is 4.79 Å². The second kappa shape index (κ2) is 4.93. The maximum Gasteiger partial charge on any atom is 0.417 e. The molecule has 0 atom stereocenters. The fourth-order valence-electron chi connectivity index (χ4n) is 1.79. The quantitative estimate of drug-likeness (QED) is 0.805. The highest BCUT2D eigenvalue weighted by Crippen LogP contribution is 2.35. The van der Waals surface area contributed by atoms with Gasteiger partial charge in [-0.15, -0.1) is 0 Å². The number of halogens is 4. The number of methoxy groups -OCH3 is 1. The maximum atomic E-state index is 12.9. The van der Waals surface area contributed by atoms with E-state index in [0.29, 0.717) is 0 Å². The van der Waals surface area contributed by atoms with Gasteiger partial charge >= 0.3 is 12.1 Å². The molecule has 0 radical (unpaired) electrons. The maximum absolute atomic E-state index is 12.9. The minimum atomic E-state index is -4.67. The van der Waals surface area contributed by atoms with E-state index in [1.54, 1.807) is 0 Å². The first kappa shape index (κ1) is 14.6. The summed E-state index contributed by atoms with van der Waals surface area (Å²) in [5.41, 5.74) is -2.29. The zero-order valence-corrected chi connectivity index (χ0v) is 11.6. The molecule has 0 unspecified atom stereocenters. The molecule has 1 heterocycles. The molecule has 2 aromatic rings. The molecule has 0 fully saturated rings. The van der Waals surface area contributed by atoms with Crippen LogP contribution in [0.1, 0.15) is 16.1 Å². The lowest BCUT2D eigenvalue weighted by atomic mass is 10.1. The molecule has 0 amide bonds. The highest BCUT2D eigenvalue weighted by atomic mass is 79.9. The number of aromatic amines is 1. The first-order chi connectivity index (χ1) is 9.25. The zero-order valence-electron chi connectivity index (χ0n) is 9.97. The van der Waals surface area contributed by atoms with Crippen LogP contribution >= 0.6 is 15.9 Å². The lowest BCUT2D eigenvalue weighted by Crippen LogP contribution is -2.16. The molecule has 0 bridgehead atoms. The van der Waals surface area contributed by atoms with Gasteiger partial charge in [-0.05, 0) is 28.1 Å². The number of alkyl halides is 3. The van der Waals surface area contributed by atoms with Crippen LogP contribution in [0.4, 0.5) is 13.2 Å². The number of hydrogen-bond acceptors (Lipinski definition) is 3. The lowest BCUT2D eigenvalue weighted by molar-refractivity contribution is -0.136. The Morgan fingerprint density at radius 3 is 2.55 bits per heavy atom. The van der Waals surface area contributed by atoms with Gasteiger partial charge in [-0.2, -0.15) is 13.2 Å². The summed E-state index contributed by atoms with van der Waals surface area (Å²) in [5, 5.41) is -0.528. The van der Waals surface area contributed by atoms with E-state index in [9.17, 15) is 22.8 Å². The van der Waals surface area contributed by atoms with Gasteiger partial charge in [-0.1, -0.05) is 0 Å². The van der Waals surface area contributed by atoms with Crippen LogP contribution in [0.15, 0.2) is 27.5 Å². The summed E-state index contributed by atoms with van der Waals surface area (Å²) in [6, 6.07) is 2.75. The predicted molar refractivity (Wildman–Crippen MR) is 68.6 cm³/mol. The van der Waals surface area contributed by atoms with Gasteiger partial charge in [0.25, 0.3) is 0 Å². The Morgan fingerprint density at radius 2 is 2.00 bits per heavy atom. The standard InChI is InChI=1S/C12H7BrF3NO3/c1-20-11(19)7-4-8(18)9-5(12(14,15)16)2-3-6(13)10(9)17-7/h2-4H,1H3,(H,17,18). The Labute approximate surface area is 118 Å². The van der Waals surface area contributed by atoms with Crippen molar-refractivity contribution >= 4 is 32.8 Å². The highest BCUT2D eigenvalue weighted by molar-refractivity contribution is 9.10. The van der Waals surface area contributed by atoms with E-state index < -0.39 is 28.5 Å². The van der Waals surface area contributed by atoms with Crippen molar-refractivity contribution in [3.63, 3.8) is 0 Å². The van der Waals surface area contributed by atoms with Crippen LogP contribution in [0.25, 0.3) is 10.9 Å². The average Bonchev–Trinajstić information content (AvgIpc) is 2.37. The molecule has 106 valence electrons. The molecule has 20 heavy (non-hydrogen) atoms. The van der Waals surface area contributed by atoms with Crippen molar-refractivity contribution in [2.24, 2.45) is 0 Å². The van der Waals surface area contributed by atoms with E-state index in [-0.39, 0.29) is 15.7 Å². The molecule has 4 nitrogen and oxygen atoms in total. The number of benzene rings is 1. The molecule has 8 heteroatoms. The van der Waals surface area contributed by atoms with Crippen molar-refractivity contribution in [1.82, 2.24) is 4.98 Å². The van der Waals surface area contributed by atoms with E-state index in [1.165, 1.54) is 0 Å². The number of esters is 1. The fraction of sp³-hybridized carbons (Fsp3) is 0.167. The largest absolute Gasteiger partial charge is 0.464 e. The van der Waals surface area contributed by atoms with Crippen molar-refractivity contribution in [2.45, 2.75) is 6.18 Å². The minimum absolute atomic E-state index is 0.104. The fourth-order valence-corrected chi connectivity index (χ4v) is 2.22. The molecule has 0 saturated heterocycles. The van der Waals surface area contributed by atoms with E-state index in [0.717, 1.165) is 25.3 Å². The number of H-pyrrole nitrogens is 1. The van der Waals surface area contributed by atoms with Crippen LogP contribution in [0.2, 0.25) is 0 Å². The summed E-state index contributed by atoms with van der Waals surface area (Å²) < 4.78 is 43.4. The van der Waals surface area contributed by atoms with Gasteiger partial charge in [0, 0.05) is 10.5 Å². The number of ether oxygens (including phenoxy) is 1. The Balaban J connectivity index is 2.90. The van der Waals surface area contributed by atoms with Gasteiger partial charge in [0.2, 0.25) is 0 Å². The first-order valence-corrected chi connectivity index (χ1v) is 6.06. The van der Waals surface area contributed by atoms with Crippen molar-refractivity contribution in [1.29, 1.82) is 0 Å². The molecule has 0 aliphatic heterocycles. The van der Waals surface area contributed by atoms with Crippen molar-refractivity contribution in [2.75, 3.05) is 7.11 Å². The van der Waals surface area contributed by atoms with Crippen LogP contribution in [0, 0.1) is 0 Å². The molecule has 1 N–H and O–H groups in total. The Kier molecular flexibility index (Phi) is 3.59. The zero-order chi connectivity index (χ0) is 15.1. The van der Waals surface area contributed by atoms with Crippen LogP contribution in [0.3, 0.4) is 0 Å². The smallest absolute Gasteiger partial charge is 0.417 e. The van der Waals surface area contributed by atoms with Gasteiger partial charge in [0.05, 0.1) is 23.6 Å². The Bertz CT molecular complexity index is 752. The second-order valence-electron chi connectivity index (χ2n) is 3.88. The Hall–Kier alpha value is -1.83. The third-order valence-corrected chi connectivity index (χ3v) is 3.31. The van der Waals surface area contributed by atoms with E-state index in [1.807, 2.05) is 0 Å². The molecular formula is C12H7BrF3NO3. The van der Waals surface area contributed by atoms with E-state index in [4.69, 9.17) is 0 Å². The van der Waals surface area contributed by atoms with Gasteiger partial charge in [-0.3, -0.25) is 4.79 Å². The van der Waals surface area contributed by atoms with Crippen LogP contribution in [-0.2, 0) is 10.9 Å². The molecular weight excluding hydrogens is 343 g/mol. The summed E-state index contributed by atoms with van der Waals surface area (Å²) in [6.07, 6.45) is -4.67. The summed E-state index contributed by atoms with van der Waals surface area (Å²) in [5.74, 6) is -0.840. The molecule has 0 spiro atoms. The highest BCUT2D eigenvalue weighted by Gasteiger charge is 2.34. The SMILES string of the molecule is COC(=O)c1cc(=O)c2c(C(F)(F)F)ccc(Br)c2[nH]1. The van der Waals surface area contributed by atoms with Gasteiger partial charge in [0.1, 0.15) is 5.69 Å². The summed E-state index contributed by atoms with van der Waals surface area (Å²) in [6.45, 7) is 0. The lowest BCUT2D eigenvalue weighted by Gasteiger charge is -2.11. The first-order valence-electron chi connectivity index (χ1n) is 5.26. The third kappa shape index (κ3) is 2.43. The topological polar surface area (TPSA) is 59.2 Å². The van der Waals surface area contributed by atoms with Gasteiger partial charge in [0.15, 0.2) is 5.43 Å². The average molecular weight is 350 g/mol. The van der Waals surface area contributed by atoms with Crippen molar-refractivity contribution in [3.05, 3.63) is 44.2 Å². The molecule has 0 aliphatic carbocycles. The van der Waals surface area contributed by atoms with E-state index >= 15 is 0 Å². The van der Waals surface area contributed by atoms with Crippen molar-refractivity contribution in [3.8, 4) is 0 Å². The predicted octanol–water partition coefficient (Wildman–Crippen LogP) is 3.10. The van der Waals surface area contributed by atoms with Crippen LogP contribution < -0.4 is 5.43 Å². The normalized spacial score (nSPS) is 11.7. The molecule has 1 aromatic carbocycles. The third-order valence-electron chi connectivity index (χ3n) is 2.65. The summed E-state index contributed by atoms with van der Waals surface area (Å²) in [4.78, 5) is 25.7. The molecule has 0 saturated carbocycles. The van der Waals surface area contributed by atoms with Gasteiger partial charge < -0.3 is 9.72 Å². The molecule has 0 aliphatic rings. The number of carbonyl (C=O) groups is 1. The van der Waals surface area contributed by atoms with Crippen molar-refractivity contribution < 1.29 is 22.7 Å². The van der Waals surface area contributed by atoms with Crippen LogP contribution in [-0.4, -0.2) is 18.1 Å². The monoisotopic (exact) mass is 349 g/mol.